The summed E-state index contributed by atoms with van der Waals surface area (Å²) in [6.45, 7) is 0. The summed E-state index contributed by atoms with van der Waals surface area (Å²) in [5.41, 5.74) is 2.38. The summed E-state index contributed by atoms with van der Waals surface area (Å²) >= 11 is 15.7. The lowest BCUT2D eigenvalue weighted by atomic mass is 9.94. The molecule has 61 heavy (non-hydrogen) atoms. The smallest absolute Gasteiger partial charge is 0.260 e. The Hall–Kier alpha value is -7.31. The Morgan fingerprint density at radius 3 is 1.54 bits per heavy atom. The van der Waals surface area contributed by atoms with Crippen LogP contribution in [0.1, 0.15) is 37.4 Å². The quantitative estimate of drug-likeness (QED) is 0.111. The van der Waals surface area contributed by atoms with Crippen molar-refractivity contribution in [1.29, 1.82) is 5.26 Å². The first kappa shape index (κ1) is 41.8. The van der Waals surface area contributed by atoms with Crippen molar-refractivity contribution in [3.63, 3.8) is 0 Å². The van der Waals surface area contributed by atoms with Crippen molar-refractivity contribution < 1.29 is 18.4 Å². The van der Waals surface area contributed by atoms with Crippen LogP contribution in [0.3, 0.4) is 0 Å². The summed E-state index contributed by atoms with van der Waals surface area (Å²) in [5, 5.41) is 11.2. The SMILES string of the molecule is N#Cc1cncc(-c2c(C(=O)/C=C/c3cncc(F)c3)c(=O)[nH]c3ccc(Cl)cc23)c1.O=C(/C=C/c1cncc(F)c1)c1c(-c2cncc(Br)c2)c2cc(Cl)ccc2[nH]c1=O. The maximum atomic E-state index is 13.4. The lowest BCUT2D eigenvalue weighted by molar-refractivity contribution is 0.103. The van der Waals surface area contributed by atoms with Gasteiger partial charge >= 0.3 is 0 Å². The van der Waals surface area contributed by atoms with Crippen LogP contribution in [0.15, 0.2) is 136 Å². The average molecular weight is 916 g/mol. The molecule has 0 atom stereocenters. The third kappa shape index (κ3) is 9.61. The van der Waals surface area contributed by atoms with Crippen LogP contribution >= 0.6 is 39.1 Å². The summed E-state index contributed by atoms with van der Waals surface area (Å²) in [7, 11) is 0. The number of halogens is 5. The number of allylic oxidation sites excluding steroid dienone is 2. The maximum absolute atomic E-state index is 13.4. The molecule has 0 aliphatic rings. The first-order chi connectivity index (χ1) is 29.4. The first-order valence-corrected chi connectivity index (χ1v) is 19.3. The molecule has 11 nitrogen and oxygen atoms in total. The van der Waals surface area contributed by atoms with E-state index in [-0.39, 0.29) is 16.7 Å². The van der Waals surface area contributed by atoms with Gasteiger partial charge in [-0.2, -0.15) is 5.26 Å². The molecule has 0 saturated heterocycles. The van der Waals surface area contributed by atoms with E-state index in [1.165, 1.54) is 61.2 Å². The highest BCUT2D eigenvalue weighted by Crippen LogP contribution is 2.34. The summed E-state index contributed by atoms with van der Waals surface area (Å²) in [6, 6.07) is 17.6. The van der Waals surface area contributed by atoms with Gasteiger partial charge in [0.25, 0.3) is 11.1 Å². The van der Waals surface area contributed by atoms with Gasteiger partial charge in [-0.25, -0.2) is 8.78 Å². The highest BCUT2D eigenvalue weighted by atomic mass is 79.9. The van der Waals surface area contributed by atoms with Gasteiger partial charge in [0.05, 0.1) is 29.1 Å². The molecule has 2 aromatic carbocycles. The topological polar surface area (TPSA) is 175 Å². The van der Waals surface area contributed by atoms with Crippen LogP contribution < -0.4 is 11.1 Å². The van der Waals surface area contributed by atoms with Crippen molar-refractivity contribution in [1.82, 2.24) is 29.9 Å². The van der Waals surface area contributed by atoms with Gasteiger partial charge in [0, 0.05) is 95.8 Å². The van der Waals surface area contributed by atoms with Gasteiger partial charge in [0.1, 0.15) is 17.7 Å². The van der Waals surface area contributed by atoms with Gasteiger partial charge in [-0.3, -0.25) is 39.1 Å². The van der Waals surface area contributed by atoms with Crippen molar-refractivity contribution in [2.45, 2.75) is 0 Å². The maximum Gasteiger partial charge on any atom is 0.260 e. The van der Waals surface area contributed by atoms with E-state index in [0.29, 0.717) is 69.7 Å². The van der Waals surface area contributed by atoms with Crippen molar-refractivity contribution in [2.75, 3.05) is 0 Å². The number of fused-ring (bicyclic) bond motifs is 2. The number of aromatic nitrogens is 6. The lowest BCUT2D eigenvalue weighted by Crippen LogP contribution is -2.18. The standard InChI is InChI=1S/C23H12ClFN4O2.C22H12BrClFN3O2/c24-16-2-3-19-18(7-16)21(15-5-14(8-26)10-27-11-15)22(23(31)29-19)20(30)4-1-13-6-17(25)12-28-9-13;23-14-6-13(9-27-10-14)20-17-7-15(24)2-3-18(17)28-22(30)21(20)19(29)4-1-12-5-16(25)11-26-8-12/h1-7,9-12H,(H,29,31);1-11H,(H,28,30)/b2*4-1+. The number of pyridine rings is 6. The van der Waals surface area contributed by atoms with E-state index in [4.69, 9.17) is 23.2 Å². The Bertz CT molecular complexity index is 3290. The number of aromatic amines is 2. The van der Waals surface area contributed by atoms with Gasteiger partial charge in [-0.15, -0.1) is 0 Å². The van der Waals surface area contributed by atoms with E-state index >= 15 is 0 Å². The van der Waals surface area contributed by atoms with E-state index in [1.807, 2.05) is 6.07 Å². The molecule has 0 amide bonds. The molecule has 0 unspecified atom stereocenters. The van der Waals surface area contributed by atoms with E-state index in [1.54, 1.807) is 60.9 Å². The number of ketones is 2. The molecular formula is C45H24BrCl2F2N7O4. The third-order valence-electron chi connectivity index (χ3n) is 8.90. The molecule has 0 spiro atoms. The number of carbonyl (C=O) groups excluding carboxylic acids is 2. The zero-order valence-corrected chi connectivity index (χ0v) is 34.1. The van der Waals surface area contributed by atoms with Crippen LogP contribution in [0.4, 0.5) is 8.78 Å². The minimum atomic E-state index is -0.612. The predicted octanol–water partition coefficient (Wildman–Crippen LogP) is 9.98. The Kier molecular flexibility index (Phi) is 12.6. The summed E-state index contributed by atoms with van der Waals surface area (Å²) in [6.07, 6.45) is 16.1. The Morgan fingerprint density at radius 2 is 1.08 bits per heavy atom. The molecule has 0 fully saturated rings. The summed E-state index contributed by atoms with van der Waals surface area (Å²) in [5.74, 6) is -2.22. The largest absolute Gasteiger partial charge is 0.321 e. The van der Waals surface area contributed by atoms with Crippen LogP contribution in [0.5, 0.6) is 0 Å². The normalized spacial score (nSPS) is 11.1. The molecule has 0 aliphatic carbocycles. The Labute approximate surface area is 361 Å². The number of benzene rings is 2. The monoisotopic (exact) mass is 913 g/mol. The molecule has 6 aromatic heterocycles. The van der Waals surface area contributed by atoms with Gasteiger partial charge in [-0.05, 0) is 112 Å². The van der Waals surface area contributed by atoms with Crippen molar-refractivity contribution >= 4 is 84.7 Å². The van der Waals surface area contributed by atoms with Crippen LogP contribution in [-0.2, 0) is 0 Å². The molecule has 8 rings (SSSR count). The molecule has 298 valence electrons. The number of nitrogens with zero attached hydrogens (tertiary/aromatic N) is 5. The fourth-order valence-electron chi connectivity index (χ4n) is 6.34. The van der Waals surface area contributed by atoms with E-state index in [2.05, 4.69) is 45.8 Å². The number of nitrogens with one attached hydrogen (secondary N) is 2. The number of nitriles is 1. The zero-order chi connectivity index (χ0) is 43.2. The molecule has 0 aliphatic heterocycles. The second kappa shape index (κ2) is 18.3. The summed E-state index contributed by atoms with van der Waals surface area (Å²) < 4.78 is 27.4. The number of H-pyrrole nitrogens is 2. The number of hydrogen-bond donors (Lipinski definition) is 2. The zero-order valence-electron chi connectivity index (χ0n) is 31.0. The van der Waals surface area contributed by atoms with Crippen molar-refractivity contribution in [2.24, 2.45) is 0 Å². The van der Waals surface area contributed by atoms with Crippen molar-refractivity contribution in [3.05, 3.63) is 197 Å². The minimum absolute atomic E-state index is 0.0646. The molecular weight excluding hydrogens is 891 g/mol. The minimum Gasteiger partial charge on any atom is -0.321 e. The van der Waals surface area contributed by atoms with Gasteiger partial charge in [0.2, 0.25) is 0 Å². The van der Waals surface area contributed by atoms with E-state index in [9.17, 15) is 33.2 Å². The predicted molar refractivity (Wildman–Crippen MR) is 233 cm³/mol. The highest BCUT2D eigenvalue weighted by molar-refractivity contribution is 9.10. The third-order valence-corrected chi connectivity index (χ3v) is 9.81. The average Bonchev–Trinajstić information content (AvgIpc) is 3.24. The van der Waals surface area contributed by atoms with Gasteiger partial charge in [-0.1, -0.05) is 23.2 Å². The van der Waals surface area contributed by atoms with Crippen LogP contribution in [0, 0.1) is 23.0 Å². The molecule has 0 bridgehead atoms. The Morgan fingerprint density at radius 1 is 0.623 bits per heavy atom. The number of rotatable bonds is 8. The fraction of sp³-hybridized carbons (Fsp3) is 0. The van der Waals surface area contributed by atoms with Gasteiger partial charge < -0.3 is 9.97 Å². The highest BCUT2D eigenvalue weighted by Gasteiger charge is 2.22. The van der Waals surface area contributed by atoms with Gasteiger partial charge in [0.15, 0.2) is 11.6 Å². The Balaban J connectivity index is 0.000000184. The van der Waals surface area contributed by atoms with E-state index < -0.39 is 34.3 Å². The molecule has 8 aromatic rings. The summed E-state index contributed by atoms with van der Waals surface area (Å²) in [4.78, 5) is 72.9. The molecule has 0 saturated carbocycles. The van der Waals surface area contributed by atoms with Crippen molar-refractivity contribution in [3.8, 4) is 28.3 Å². The first-order valence-electron chi connectivity index (χ1n) is 17.7. The number of carbonyl (C=O) groups is 2. The molecule has 0 radical (unpaired) electrons. The van der Waals surface area contributed by atoms with Crippen LogP contribution in [0.2, 0.25) is 10.0 Å². The molecule has 16 heteroatoms. The molecule has 6 heterocycles. The lowest BCUT2D eigenvalue weighted by Gasteiger charge is -2.12. The fourth-order valence-corrected chi connectivity index (χ4v) is 7.05. The van der Waals surface area contributed by atoms with Crippen LogP contribution in [-0.4, -0.2) is 41.5 Å². The molecule has 2 N–H and O–H groups in total. The van der Waals surface area contributed by atoms with Crippen LogP contribution in [0.25, 0.3) is 56.2 Å². The number of hydrogen-bond acceptors (Lipinski definition) is 9. The second-order valence-electron chi connectivity index (χ2n) is 13.0. The second-order valence-corrected chi connectivity index (χ2v) is 14.8. The van der Waals surface area contributed by atoms with E-state index in [0.717, 1.165) is 12.4 Å².